The van der Waals surface area contributed by atoms with Gasteiger partial charge in [0, 0.05) is 24.1 Å². The van der Waals surface area contributed by atoms with Crippen LogP contribution < -0.4 is 11.4 Å². The molecular formula is C12H15N3O7S. The Morgan fingerprint density at radius 3 is 2.48 bits per heavy atom. The first-order valence-electron chi connectivity index (χ1n) is 6.20. The van der Waals surface area contributed by atoms with E-state index in [4.69, 9.17) is 25.8 Å². The van der Waals surface area contributed by atoms with Crippen LogP contribution in [0.5, 0.6) is 0 Å². The van der Waals surface area contributed by atoms with Crippen LogP contribution in [0.15, 0.2) is 29.2 Å². The Balaban J connectivity index is 0.000000284. The van der Waals surface area contributed by atoms with E-state index in [9.17, 15) is 14.4 Å². The largest absolute Gasteiger partial charge is 0.478 e. The summed E-state index contributed by atoms with van der Waals surface area (Å²) in [6, 6.07) is 1.54. The molecule has 11 heteroatoms. The standard InChI is InChI=1S/C8H11N3O3S.C4H4O4/c9-5-1-2-11(8(13)10-5)6-4-15-7(3-12)14-6;5-3(6)1-2-4(7)8/h1-2,6-7,12H,3-4H2,(H2,9,10,13);1-2H,(H,5,6)(H,7,8)/b;2-1+/t6-,7+;/m0./s1. The van der Waals surface area contributed by atoms with E-state index in [-0.39, 0.29) is 24.1 Å². The molecule has 0 aromatic carbocycles. The van der Waals surface area contributed by atoms with Crippen molar-refractivity contribution >= 4 is 29.5 Å². The molecular weight excluding hydrogens is 330 g/mol. The SMILES string of the molecule is Nc1ccn([C@@H]2CS[C@H](CO)O2)c(=O)n1.O=C(O)/C=C/C(=O)O. The number of hydrogen-bond donors (Lipinski definition) is 4. The molecule has 0 bridgehead atoms. The molecule has 1 fully saturated rings. The maximum Gasteiger partial charge on any atom is 0.351 e. The molecule has 0 spiro atoms. The van der Waals surface area contributed by atoms with Gasteiger partial charge < -0.3 is 25.8 Å². The number of aliphatic hydroxyl groups is 1. The molecule has 0 aliphatic carbocycles. The first kappa shape index (κ1) is 18.7. The summed E-state index contributed by atoms with van der Waals surface area (Å²) in [5.41, 5.74) is 4.67. The Morgan fingerprint density at radius 2 is 2.04 bits per heavy atom. The van der Waals surface area contributed by atoms with Gasteiger partial charge in [0.1, 0.15) is 17.5 Å². The van der Waals surface area contributed by atoms with Crippen LogP contribution in [0.25, 0.3) is 0 Å². The van der Waals surface area contributed by atoms with Crippen molar-refractivity contribution in [3.8, 4) is 0 Å². The van der Waals surface area contributed by atoms with E-state index in [2.05, 4.69) is 4.98 Å². The number of thioether (sulfide) groups is 1. The quantitative estimate of drug-likeness (QED) is 0.503. The zero-order chi connectivity index (χ0) is 17.4. The van der Waals surface area contributed by atoms with Gasteiger partial charge in [-0.15, -0.1) is 11.8 Å². The van der Waals surface area contributed by atoms with Crippen LogP contribution in [-0.4, -0.2) is 54.6 Å². The van der Waals surface area contributed by atoms with Gasteiger partial charge >= 0.3 is 17.6 Å². The first-order chi connectivity index (χ1) is 10.8. The predicted octanol–water partition coefficient (Wildman–Crippen LogP) is -0.882. The average molecular weight is 345 g/mol. The molecule has 126 valence electrons. The highest BCUT2D eigenvalue weighted by Crippen LogP contribution is 2.30. The van der Waals surface area contributed by atoms with Gasteiger partial charge in [-0.1, -0.05) is 0 Å². The second-order valence-corrected chi connectivity index (χ2v) is 5.28. The first-order valence-corrected chi connectivity index (χ1v) is 7.25. The smallest absolute Gasteiger partial charge is 0.351 e. The van der Waals surface area contributed by atoms with Crippen LogP contribution in [-0.2, 0) is 14.3 Å². The number of carbonyl (C=O) groups is 2. The maximum absolute atomic E-state index is 11.4. The molecule has 1 aliphatic rings. The number of aliphatic carboxylic acids is 2. The summed E-state index contributed by atoms with van der Waals surface area (Å²) in [5.74, 6) is -1.70. The fourth-order valence-electron chi connectivity index (χ4n) is 1.47. The lowest BCUT2D eigenvalue weighted by atomic mass is 10.5. The molecule has 1 saturated heterocycles. The molecule has 23 heavy (non-hydrogen) atoms. The molecule has 0 saturated carbocycles. The number of anilines is 1. The number of nitrogens with two attached hydrogens (primary N) is 1. The van der Waals surface area contributed by atoms with Crippen molar-refractivity contribution in [1.82, 2.24) is 9.55 Å². The van der Waals surface area contributed by atoms with E-state index in [1.54, 1.807) is 12.3 Å². The predicted molar refractivity (Wildman–Crippen MR) is 80.8 cm³/mol. The van der Waals surface area contributed by atoms with Gasteiger partial charge in [0.2, 0.25) is 0 Å². The number of carboxylic acid groups (broad SMARTS) is 2. The van der Waals surface area contributed by atoms with Crippen molar-refractivity contribution in [3.05, 3.63) is 34.9 Å². The summed E-state index contributed by atoms with van der Waals surface area (Å²) in [6.07, 6.45) is 2.30. The van der Waals surface area contributed by atoms with Crippen molar-refractivity contribution in [2.24, 2.45) is 0 Å². The number of nitrogens with zero attached hydrogens (tertiary/aromatic N) is 2. The van der Waals surface area contributed by atoms with Crippen molar-refractivity contribution in [2.75, 3.05) is 18.1 Å². The zero-order valence-electron chi connectivity index (χ0n) is 11.7. The molecule has 5 N–H and O–H groups in total. The lowest BCUT2D eigenvalue weighted by Crippen LogP contribution is -2.28. The Morgan fingerprint density at radius 1 is 1.43 bits per heavy atom. The van der Waals surface area contributed by atoms with Crippen LogP contribution in [0.2, 0.25) is 0 Å². The van der Waals surface area contributed by atoms with E-state index >= 15 is 0 Å². The third-order valence-corrected chi connectivity index (χ3v) is 3.52. The average Bonchev–Trinajstić information content (AvgIpc) is 2.94. The Hall–Kier alpha value is -2.37. The van der Waals surface area contributed by atoms with Gasteiger partial charge in [0.25, 0.3) is 0 Å². The van der Waals surface area contributed by atoms with Crippen LogP contribution in [0.1, 0.15) is 6.23 Å². The topological polar surface area (TPSA) is 165 Å². The van der Waals surface area contributed by atoms with E-state index < -0.39 is 17.6 Å². The Kier molecular flexibility index (Phi) is 7.25. The minimum Gasteiger partial charge on any atom is -0.478 e. The fraction of sp³-hybridized carbons (Fsp3) is 0.333. The number of nitrogen functional groups attached to an aromatic ring is 1. The molecule has 2 atom stereocenters. The van der Waals surface area contributed by atoms with Crippen molar-refractivity contribution < 1.29 is 29.6 Å². The van der Waals surface area contributed by atoms with Gasteiger partial charge in [-0.2, -0.15) is 4.98 Å². The number of aromatic nitrogens is 2. The van der Waals surface area contributed by atoms with E-state index in [1.165, 1.54) is 16.3 Å². The van der Waals surface area contributed by atoms with Crippen molar-refractivity contribution in [3.63, 3.8) is 0 Å². The zero-order valence-corrected chi connectivity index (χ0v) is 12.5. The Bertz CT molecular complexity index is 630. The van der Waals surface area contributed by atoms with E-state index in [1.807, 2.05) is 0 Å². The molecule has 0 unspecified atom stereocenters. The van der Waals surface area contributed by atoms with Gasteiger partial charge in [-0.3, -0.25) is 4.57 Å². The third-order valence-electron chi connectivity index (χ3n) is 2.41. The summed E-state index contributed by atoms with van der Waals surface area (Å²) in [5, 5.41) is 24.5. The van der Waals surface area contributed by atoms with Crippen LogP contribution in [0.4, 0.5) is 5.82 Å². The third kappa shape index (κ3) is 6.50. The fourth-order valence-corrected chi connectivity index (χ4v) is 2.40. The summed E-state index contributed by atoms with van der Waals surface area (Å²) < 4.78 is 6.79. The van der Waals surface area contributed by atoms with E-state index in [0.717, 1.165) is 0 Å². The highest BCUT2D eigenvalue weighted by Gasteiger charge is 2.27. The second-order valence-electron chi connectivity index (χ2n) is 4.09. The van der Waals surface area contributed by atoms with E-state index in [0.29, 0.717) is 17.9 Å². The van der Waals surface area contributed by atoms with Gasteiger partial charge in [-0.25, -0.2) is 14.4 Å². The number of hydrogen-bond acceptors (Lipinski definition) is 8. The van der Waals surface area contributed by atoms with Crippen LogP contribution in [0, 0.1) is 0 Å². The molecule has 10 nitrogen and oxygen atoms in total. The molecule has 1 aromatic heterocycles. The van der Waals surface area contributed by atoms with Crippen LogP contribution in [0.3, 0.4) is 0 Å². The molecule has 0 radical (unpaired) electrons. The number of carboxylic acids is 2. The number of ether oxygens (including phenoxy) is 1. The number of rotatable bonds is 4. The summed E-state index contributed by atoms with van der Waals surface area (Å²) >= 11 is 1.47. The Labute approximate surface area is 134 Å². The lowest BCUT2D eigenvalue weighted by Gasteiger charge is -2.13. The molecule has 1 aliphatic heterocycles. The van der Waals surface area contributed by atoms with Gasteiger partial charge in [0.15, 0.2) is 0 Å². The highest BCUT2D eigenvalue weighted by molar-refractivity contribution is 8.00. The molecule has 2 heterocycles. The molecule has 0 amide bonds. The number of aliphatic hydroxyl groups excluding tert-OH is 1. The summed E-state index contributed by atoms with van der Waals surface area (Å²) in [6.45, 7) is -0.0572. The normalized spacial score (nSPS) is 20.0. The van der Waals surface area contributed by atoms with Crippen LogP contribution >= 0.6 is 11.8 Å². The molecule has 2 rings (SSSR count). The monoisotopic (exact) mass is 345 g/mol. The highest BCUT2D eigenvalue weighted by atomic mass is 32.2. The van der Waals surface area contributed by atoms with Crippen molar-refractivity contribution in [1.29, 1.82) is 0 Å². The minimum atomic E-state index is -1.26. The lowest BCUT2D eigenvalue weighted by molar-refractivity contribution is -0.134. The van der Waals surface area contributed by atoms with Crippen molar-refractivity contribution in [2.45, 2.75) is 11.7 Å². The molecule has 1 aromatic rings. The second kappa shape index (κ2) is 8.92. The summed E-state index contributed by atoms with van der Waals surface area (Å²) in [4.78, 5) is 34.2. The minimum absolute atomic E-state index is 0.0572. The van der Waals surface area contributed by atoms with Gasteiger partial charge in [-0.05, 0) is 6.07 Å². The van der Waals surface area contributed by atoms with Gasteiger partial charge in [0.05, 0.1) is 6.61 Å². The maximum atomic E-state index is 11.4. The summed E-state index contributed by atoms with van der Waals surface area (Å²) in [7, 11) is 0.